The fourth-order valence-electron chi connectivity index (χ4n) is 2.10. The van der Waals surface area contributed by atoms with Gasteiger partial charge in [0.15, 0.2) is 0 Å². The maximum atomic E-state index is 11.9. The van der Waals surface area contributed by atoms with Gasteiger partial charge < -0.3 is 20.1 Å². The summed E-state index contributed by atoms with van der Waals surface area (Å²) in [5.74, 6) is 1.30. The van der Waals surface area contributed by atoms with Crippen LogP contribution >= 0.6 is 0 Å². The lowest BCUT2D eigenvalue weighted by atomic mass is 10.1. The van der Waals surface area contributed by atoms with Crippen LogP contribution in [0.2, 0.25) is 0 Å². The Hall–Kier alpha value is -2.96. The smallest absolute Gasteiger partial charge is 0.319 e. The summed E-state index contributed by atoms with van der Waals surface area (Å²) < 4.78 is 10.6. The third-order valence-corrected chi connectivity index (χ3v) is 3.25. The molecule has 0 radical (unpaired) electrons. The summed E-state index contributed by atoms with van der Waals surface area (Å²) in [5, 5.41) is 12.6. The number of ether oxygens (including phenoxy) is 2. The van der Waals surface area contributed by atoms with E-state index >= 15 is 0 Å². The van der Waals surface area contributed by atoms with E-state index in [0.717, 1.165) is 11.3 Å². The van der Waals surface area contributed by atoms with Crippen molar-refractivity contribution in [2.24, 2.45) is 0 Å². The fourth-order valence-corrected chi connectivity index (χ4v) is 2.10. The number of benzene rings is 1. The second-order valence-corrected chi connectivity index (χ2v) is 4.76. The number of carbonyl (C=O) groups excluding carboxylic acids is 1. The van der Waals surface area contributed by atoms with Gasteiger partial charge in [-0.3, -0.25) is 5.10 Å². The first kappa shape index (κ1) is 16.4. The quantitative estimate of drug-likeness (QED) is 0.715. The van der Waals surface area contributed by atoms with Gasteiger partial charge in [-0.2, -0.15) is 5.10 Å². The summed E-state index contributed by atoms with van der Waals surface area (Å²) in [7, 11) is 3.16. The number of aromatic nitrogens is 2. The molecule has 3 N–H and O–H groups in total. The molecule has 0 unspecified atom stereocenters. The third-order valence-electron chi connectivity index (χ3n) is 3.25. The molecule has 2 amide bonds. The standard InChI is InChI=1S/C16H20N4O3/c1-5-8-17-16(21)18-14-10(2)19-20-15(14)12-9-11(22-3)6-7-13(12)23-4/h5-7,9H,1,8H2,2-4H3,(H,19,20)(H2,17,18,21). The zero-order valence-electron chi connectivity index (χ0n) is 13.4. The van der Waals surface area contributed by atoms with E-state index in [9.17, 15) is 4.79 Å². The normalized spacial score (nSPS) is 10.0. The van der Waals surface area contributed by atoms with Crippen LogP contribution in [0.1, 0.15) is 5.69 Å². The SMILES string of the molecule is C=CCNC(=O)Nc1c(-c2cc(OC)ccc2OC)n[nH]c1C. The predicted octanol–water partition coefficient (Wildman–Crippen LogP) is 2.71. The minimum Gasteiger partial charge on any atom is -0.497 e. The van der Waals surface area contributed by atoms with Crippen molar-refractivity contribution in [2.45, 2.75) is 6.92 Å². The molecule has 0 fully saturated rings. The molecule has 0 saturated heterocycles. The number of carbonyl (C=O) groups is 1. The van der Waals surface area contributed by atoms with Crippen molar-refractivity contribution in [1.82, 2.24) is 15.5 Å². The van der Waals surface area contributed by atoms with Gasteiger partial charge in [-0.05, 0) is 25.1 Å². The Kier molecular flexibility index (Phi) is 5.24. The summed E-state index contributed by atoms with van der Waals surface area (Å²) in [4.78, 5) is 11.9. The average Bonchev–Trinajstić information content (AvgIpc) is 2.93. The van der Waals surface area contributed by atoms with Crippen LogP contribution < -0.4 is 20.1 Å². The lowest BCUT2D eigenvalue weighted by molar-refractivity contribution is 0.253. The minimum atomic E-state index is -0.336. The summed E-state index contributed by atoms with van der Waals surface area (Å²) >= 11 is 0. The van der Waals surface area contributed by atoms with Gasteiger partial charge in [0.2, 0.25) is 0 Å². The molecule has 2 aromatic rings. The molecule has 1 aromatic carbocycles. The Morgan fingerprint density at radius 1 is 1.39 bits per heavy atom. The number of rotatable bonds is 6. The van der Waals surface area contributed by atoms with Crippen LogP contribution in [0, 0.1) is 6.92 Å². The highest BCUT2D eigenvalue weighted by molar-refractivity contribution is 5.95. The molecule has 7 heteroatoms. The average molecular weight is 316 g/mol. The van der Waals surface area contributed by atoms with Gasteiger partial charge in [0.1, 0.15) is 17.2 Å². The van der Waals surface area contributed by atoms with Gasteiger partial charge in [0, 0.05) is 12.1 Å². The molecule has 0 aliphatic heterocycles. The summed E-state index contributed by atoms with van der Waals surface area (Å²) in [6.45, 7) is 5.76. The number of hydrogen-bond acceptors (Lipinski definition) is 4. The Labute approximate surface area is 134 Å². The van der Waals surface area contributed by atoms with E-state index in [1.807, 2.05) is 6.92 Å². The van der Waals surface area contributed by atoms with Gasteiger partial charge in [0.25, 0.3) is 0 Å². The highest BCUT2D eigenvalue weighted by atomic mass is 16.5. The zero-order valence-corrected chi connectivity index (χ0v) is 13.4. The molecule has 0 spiro atoms. The Balaban J connectivity index is 2.41. The van der Waals surface area contributed by atoms with Crippen LogP contribution in [-0.4, -0.2) is 37.0 Å². The molecule has 0 aliphatic carbocycles. The highest BCUT2D eigenvalue weighted by Gasteiger charge is 2.18. The molecule has 0 atom stereocenters. The number of H-pyrrole nitrogens is 1. The van der Waals surface area contributed by atoms with Crippen molar-refractivity contribution in [3.63, 3.8) is 0 Å². The predicted molar refractivity (Wildman–Crippen MR) is 89.1 cm³/mol. The molecule has 0 aliphatic rings. The second-order valence-electron chi connectivity index (χ2n) is 4.76. The molecule has 1 heterocycles. The maximum absolute atomic E-state index is 11.9. The first-order valence-corrected chi connectivity index (χ1v) is 7.03. The van der Waals surface area contributed by atoms with Gasteiger partial charge in [-0.25, -0.2) is 4.79 Å². The lowest BCUT2D eigenvalue weighted by Gasteiger charge is -2.11. The zero-order chi connectivity index (χ0) is 16.8. The van der Waals surface area contributed by atoms with Gasteiger partial charge in [-0.15, -0.1) is 6.58 Å². The number of aromatic amines is 1. The van der Waals surface area contributed by atoms with E-state index in [0.29, 0.717) is 29.4 Å². The molecule has 0 bridgehead atoms. The van der Waals surface area contributed by atoms with Gasteiger partial charge in [0.05, 0.1) is 25.6 Å². The van der Waals surface area contributed by atoms with Crippen LogP contribution in [0.3, 0.4) is 0 Å². The van der Waals surface area contributed by atoms with Crippen molar-refractivity contribution in [3.05, 3.63) is 36.5 Å². The summed E-state index contributed by atoms with van der Waals surface area (Å²) in [5.41, 5.74) is 2.61. The van der Waals surface area contributed by atoms with Crippen molar-refractivity contribution in [1.29, 1.82) is 0 Å². The maximum Gasteiger partial charge on any atom is 0.319 e. The number of aryl methyl sites for hydroxylation is 1. The van der Waals surface area contributed by atoms with E-state index in [4.69, 9.17) is 9.47 Å². The van der Waals surface area contributed by atoms with Gasteiger partial charge in [-0.1, -0.05) is 6.08 Å². The first-order valence-electron chi connectivity index (χ1n) is 7.03. The number of methoxy groups -OCH3 is 2. The molecular formula is C16H20N4O3. The summed E-state index contributed by atoms with van der Waals surface area (Å²) in [6, 6.07) is 5.06. The number of nitrogens with zero attached hydrogens (tertiary/aromatic N) is 1. The van der Waals surface area contributed by atoms with Gasteiger partial charge >= 0.3 is 6.03 Å². The Bertz CT molecular complexity index is 709. The van der Waals surface area contributed by atoms with Crippen LogP contribution in [0.5, 0.6) is 11.5 Å². The highest BCUT2D eigenvalue weighted by Crippen LogP contribution is 2.37. The van der Waals surface area contributed by atoms with E-state index in [2.05, 4.69) is 27.4 Å². The van der Waals surface area contributed by atoms with E-state index in [1.54, 1.807) is 38.5 Å². The number of hydrogen-bond donors (Lipinski definition) is 3. The molecule has 7 nitrogen and oxygen atoms in total. The monoisotopic (exact) mass is 316 g/mol. The number of urea groups is 1. The molecule has 0 saturated carbocycles. The topological polar surface area (TPSA) is 88.3 Å². The number of nitrogens with one attached hydrogen (secondary N) is 3. The fraction of sp³-hybridized carbons (Fsp3) is 0.250. The van der Waals surface area contributed by atoms with Crippen LogP contribution in [-0.2, 0) is 0 Å². The lowest BCUT2D eigenvalue weighted by Crippen LogP contribution is -2.28. The number of anilines is 1. The van der Waals surface area contributed by atoms with E-state index in [1.165, 1.54) is 0 Å². The van der Waals surface area contributed by atoms with E-state index in [-0.39, 0.29) is 6.03 Å². The largest absolute Gasteiger partial charge is 0.497 e. The molecule has 2 rings (SSSR count). The second kappa shape index (κ2) is 7.35. The van der Waals surface area contributed by atoms with Crippen molar-refractivity contribution >= 4 is 11.7 Å². The van der Waals surface area contributed by atoms with Crippen LogP contribution in [0.15, 0.2) is 30.9 Å². The molecule has 1 aromatic heterocycles. The Morgan fingerprint density at radius 3 is 2.83 bits per heavy atom. The molecular weight excluding hydrogens is 296 g/mol. The van der Waals surface area contributed by atoms with Crippen LogP contribution in [0.4, 0.5) is 10.5 Å². The first-order chi connectivity index (χ1) is 11.1. The minimum absolute atomic E-state index is 0.336. The molecule has 23 heavy (non-hydrogen) atoms. The van der Waals surface area contributed by atoms with Crippen LogP contribution in [0.25, 0.3) is 11.3 Å². The summed E-state index contributed by atoms with van der Waals surface area (Å²) in [6.07, 6.45) is 1.60. The number of amides is 2. The Morgan fingerprint density at radius 2 is 2.17 bits per heavy atom. The molecule has 122 valence electrons. The third kappa shape index (κ3) is 3.63. The van der Waals surface area contributed by atoms with Crippen molar-refractivity contribution in [3.8, 4) is 22.8 Å². The van der Waals surface area contributed by atoms with Crippen molar-refractivity contribution < 1.29 is 14.3 Å². The van der Waals surface area contributed by atoms with E-state index < -0.39 is 0 Å². The van der Waals surface area contributed by atoms with Crippen molar-refractivity contribution in [2.75, 3.05) is 26.1 Å².